The molecule has 0 bridgehead atoms. The van der Waals surface area contributed by atoms with E-state index in [2.05, 4.69) is 25.3 Å². The number of ether oxygens (including phenoxy) is 2. The van der Waals surface area contributed by atoms with Gasteiger partial charge >= 0.3 is 12.1 Å². The molecule has 0 saturated carbocycles. The molecular weight excluding hydrogens is 426 g/mol. The maximum Gasteiger partial charge on any atom is 0.407 e. The van der Waals surface area contributed by atoms with Crippen LogP contribution in [0.25, 0.3) is 21.5 Å². The fourth-order valence-corrected chi connectivity index (χ4v) is 3.13. The van der Waals surface area contributed by atoms with Crippen molar-refractivity contribution in [3.05, 3.63) is 64.9 Å². The van der Waals surface area contributed by atoms with Gasteiger partial charge < -0.3 is 19.4 Å². The zero-order chi connectivity index (χ0) is 23.8. The topological polar surface area (TPSA) is 144 Å². The first-order valence-corrected chi connectivity index (χ1v) is 10.3. The quantitative estimate of drug-likeness (QED) is 0.233. The number of esters is 1. The summed E-state index contributed by atoms with van der Waals surface area (Å²) >= 11 is 0. The van der Waals surface area contributed by atoms with E-state index in [-0.39, 0.29) is 25.4 Å². The Morgan fingerprint density at radius 3 is 2.67 bits per heavy atom. The third kappa shape index (κ3) is 6.94. The smallest absolute Gasteiger partial charge is 0.407 e. The number of hydrogen-bond donors (Lipinski definition) is 1. The Bertz CT molecular complexity index is 1160. The van der Waals surface area contributed by atoms with Gasteiger partial charge in [-0.05, 0) is 43.0 Å². The van der Waals surface area contributed by atoms with Crippen LogP contribution in [-0.4, -0.2) is 38.2 Å². The minimum absolute atomic E-state index is 0.0833. The van der Waals surface area contributed by atoms with Gasteiger partial charge in [-0.3, -0.25) is 4.79 Å². The molecule has 0 aliphatic heterocycles. The minimum Gasteiger partial charge on any atom is -0.461 e. The summed E-state index contributed by atoms with van der Waals surface area (Å²) < 4.78 is 12.5. The van der Waals surface area contributed by atoms with Crippen molar-refractivity contribution in [3.8, 4) is 0 Å². The molecule has 0 fully saturated rings. The van der Waals surface area contributed by atoms with Crippen molar-refractivity contribution < 1.29 is 19.1 Å². The Labute approximate surface area is 190 Å². The summed E-state index contributed by atoms with van der Waals surface area (Å²) in [7, 11) is 0. The van der Waals surface area contributed by atoms with Gasteiger partial charge in [0.25, 0.3) is 0 Å². The number of alkyl carbamates (subject to hydrolysis) is 1. The second-order valence-corrected chi connectivity index (χ2v) is 8.29. The molecule has 0 aliphatic rings. The fraction of sp³-hybridized carbons (Fsp3) is 0.364. The van der Waals surface area contributed by atoms with E-state index in [4.69, 9.17) is 15.0 Å². The first kappa shape index (κ1) is 23.6. The third-order valence-electron chi connectivity index (χ3n) is 4.47. The average Bonchev–Trinajstić information content (AvgIpc) is 3.15. The van der Waals surface area contributed by atoms with Gasteiger partial charge in [0.2, 0.25) is 0 Å². The predicted molar refractivity (Wildman–Crippen MR) is 120 cm³/mol. The number of azide groups is 1. The molecule has 0 radical (unpaired) electrons. The lowest BCUT2D eigenvalue weighted by Crippen LogP contribution is -2.42. The van der Waals surface area contributed by atoms with Crippen LogP contribution in [0.5, 0.6) is 0 Å². The van der Waals surface area contributed by atoms with Crippen LogP contribution in [-0.2, 0) is 27.4 Å². The van der Waals surface area contributed by atoms with Crippen LogP contribution in [0.2, 0.25) is 0 Å². The standard InChI is InChI=1S/C22H25N7O4/c1-22(2,3)33-21(31)26-16(11-18(30)32-13-15-7-5-4-6-8-15)12-29-10-9-17-19(27-28-23)24-14-25-20(17)29/h4-10,14,16H,11-13H2,1-3H3,(H,26,31)/t16-/m1/s1. The molecule has 1 N–H and O–H groups in total. The lowest BCUT2D eigenvalue weighted by Gasteiger charge is -2.24. The van der Waals surface area contributed by atoms with Crippen LogP contribution in [0.3, 0.4) is 0 Å². The first-order valence-electron chi connectivity index (χ1n) is 10.3. The molecule has 0 saturated heterocycles. The van der Waals surface area contributed by atoms with E-state index in [1.165, 1.54) is 6.33 Å². The molecule has 3 aromatic rings. The largest absolute Gasteiger partial charge is 0.461 e. The molecule has 2 heterocycles. The summed E-state index contributed by atoms with van der Waals surface area (Å²) in [6, 6.07) is 10.4. The second-order valence-electron chi connectivity index (χ2n) is 8.29. The molecule has 11 nitrogen and oxygen atoms in total. The molecule has 2 aromatic heterocycles. The van der Waals surface area contributed by atoms with Gasteiger partial charge in [-0.15, -0.1) is 0 Å². The monoisotopic (exact) mass is 451 g/mol. The maximum atomic E-state index is 12.5. The van der Waals surface area contributed by atoms with Crippen LogP contribution >= 0.6 is 0 Å². The van der Waals surface area contributed by atoms with Crippen molar-refractivity contribution in [2.24, 2.45) is 5.11 Å². The van der Waals surface area contributed by atoms with E-state index in [0.717, 1.165) is 5.56 Å². The van der Waals surface area contributed by atoms with E-state index < -0.39 is 23.7 Å². The van der Waals surface area contributed by atoms with Gasteiger partial charge in [0.15, 0.2) is 0 Å². The summed E-state index contributed by atoms with van der Waals surface area (Å²) in [5, 5.41) is 6.86. The number of hydrogen-bond acceptors (Lipinski definition) is 7. The second kappa shape index (κ2) is 10.5. The van der Waals surface area contributed by atoms with Crippen LogP contribution in [0, 0.1) is 0 Å². The highest BCUT2D eigenvalue weighted by Crippen LogP contribution is 2.23. The molecular formula is C22H25N7O4. The predicted octanol–water partition coefficient (Wildman–Crippen LogP) is 4.40. The molecule has 0 spiro atoms. The number of nitrogens with zero attached hydrogens (tertiary/aromatic N) is 6. The summed E-state index contributed by atoms with van der Waals surface area (Å²) in [6.45, 7) is 5.60. The van der Waals surface area contributed by atoms with Crippen LogP contribution in [0.4, 0.5) is 10.6 Å². The van der Waals surface area contributed by atoms with E-state index in [1.807, 2.05) is 30.3 Å². The van der Waals surface area contributed by atoms with Crippen molar-refractivity contribution in [1.29, 1.82) is 0 Å². The number of carbonyl (C=O) groups excluding carboxylic acids is 2. The van der Waals surface area contributed by atoms with Gasteiger partial charge in [0.1, 0.15) is 30.0 Å². The van der Waals surface area contributed by atoms with E-state index in [1.54, 1.807) is 37.6 Å². The minimum atomic E-state index is -0.694. The SMILES string of the molecule is CC(C)(C)OC(=O)N[C@H](CC(=O)OCc1ccccc1)Cn1ccc2c(N=[N+]=[N-])ncnc21. The van der Waals surface area contributed by atoms with Gasteiger partial charge in [-0.25, -0.2) is 14.8 Å². The number of benzene rings is 1. The molecule has 33 heavy (non-hydrogen) atoms. The summed E-state index contributed by atoms with van der Waals surface area (Å²) in [5.41, 5.74) is 9.40. The summed E-state index contributed by atoms with van der Waals surface area (Å²) in [4.78, 5) is 35.9. The number of carbonyl (C=O) groups is 2. The van der Waals surface area contributed by atoms with Crippen LogP contribution < -0.4 is 5.32 Å². The first-order chi connectivity index (χ1) is 15.7. The van der Waals surface area contributed by atoms with Crippen LogP contribution in [0.1, 0.15) is 32.8 Å². The lowest BCUT2D eigenvalue weighted by atomic mass is 10.2. The highest BCUT2D eigenvalue weighted by Gasteiger charge is 2.23. The Morgan fingerprint density at radius 2 is 1.97 bits per heavy atom. The zero-order valence-electron chi connectivity index (χ0n) is 18.6. The molecule has 3 rings (SSSR count). The van der Waals surface area contributed by atoms with Crippen molar-refractivity contribution in [2.75, 3.05) is 0 Å². The molecule has 11 heteroatoms. The van der Waals surface area contributed by atoms with Crippen molar-refractivity contribution in [1.82, 2.24) is 19.9 Å². The molecule has 0 aliphatic carbocycles. The average molecular weight is 451 g/mol. The number of aromatic nitrogens is 3. The molecule has 0 unspecified atom stereocenters. The normalized spacial score (nSPS) is 12.0. The fourth-order valence-electron chi connectivity index (χ4n) is 3.13. The van der Waals surface area contributed by atoms with E-state index in [9.17, 15) is 9.59 Å². The van der Waals surface area contributed by atoms with Gasteiger partial charge in [-0.2, -0.15) is 0 Å². The highest BCUT2D eigenvalue weighted by atomic mass is 16.6. The molecule has 1 atom stereocenters. The zero-order valence-corrected chi connectivity index (χ0v) is 18.6. The van der Waals surface area contributed by atoms with E-state index in [0.29, 0.717) is 11.0 Å². The van der Waals surface area contributed by atoms with Gasteiger partial charge in [-0.1, -0.05) is 30.3 Å². The molecule has 1 aromatic carbocycles. The van der Waals surface area contributed by atoms with Crippen LogP contribution in [0.15, 0.2) is 54.0 Å². The van der Waals surface area contributed by atoms with Crippen molar-refractivity contribution >= 4 is 28.9 Å². The number of amides is 1. The van der Waals surface area contributed by atoms with Crippen molar-refractivity contribution in [3.63, 3.8) is 0 Å². The maximum absolute atomic E-state index is 12.5. The third-order valence-corrected chi connectivity index (χ3v) is 4.47. The number of nitrogens with one attached hydrogen (secondary N) is 1. The molecule has 172 valence electrons. The van der Waals surface area contributed by atoms with Gasteiger partial charge in [0.05, 0.1) is 12.5 Å². The number of fused-ring (bicyclic) bond motifs is 1. The summed E-state index contributed by atoms with van der Waals surface area (Å²) in [6.07, 6.45) is 2.27. The van der Waals surface area contributed by atoms with E-state index >= 15 is 0 Å². The summed E-state index contributed by atoms with van der Waals surface area (Å²) in [5.74, 6) is -0.277. The highest BCUT2D eigenvalue weighted by molar-refractivity contribution is 5.85. The Morgan fingerprint density at radius 1 is 1.21 bits per heavy atom. The Balaban J connectivity index is 1.76. The Kier molecular flexibility index (Phi) is 7.47. The number of rotatable bonds is 8. The molecule has 1 amide bonds. The lowest BCUT2D eigenvalue weighted by molar-refractivity contribution is -0.145. The van der Waals surface area contributed by atoms with Gasteiger partial charge in [0, 0.05) is 23.0 Å². The Hall–Kier alpha value is -4.11. The van der Waals surface area contributed by atoms with Crippen molar-refractivity contribution in [2.45, 2.75) is 52.0 Å².